The Morgan fingerprint density at radius 2 is 1.90 bits per heavy atom. The summed E-state index contributed by atoms with van der Waals surface area (Å²) in [5, 5.41) is 2.77. The van der Waals surface area contributed by atoms with Gasteiger partial charge in [0.15, 0.2) is 11.5 Å². The lowest BCUT2D eigenvalue weighted by Gasteiger charge is -2.12. The Labute approximate surface area is 175 Å². The minimum Gasteiger partial charge on any atom is -0.493 e. The van der Waals surface area contributed by atoms with Crippen LogP contribution in [0.4, 0.5) is 5.69 Å². The van der Waals surface area contributed by atoms with Crippen LogP contribution >= 0.6 is 0 Å². The van der Waals surface area contributed by atoms with Crippen LogP contribution in [-0.4, -0.2) is 54.1 Å². The van der Waals surface area contributed by atoms with Crippen molar-refractivity contribution in [2.45, 2.75) is 11.3 Å². The Morgan fingerprint density at radius 1 is 1.10 bits per heavy atom. The first kappa shape index (κ1) is 21.6. The summed E-state index contributed by atoms with van der Waals surface area (Å²) in [6, 6.07) is 11.6. The Morgan fingerprint density at radius 3 is 2.67 bits per heavy atom. The number of benzene rings is 2. The largest absolute Gasteiger partial charge is 0.493 e. The molecule has 1 aliphatic heterocycles. The molecule has 0 atom stereocenters. The highest BCUT2D eigenvalue weighted by Gasteiger charge is 2.29. The molecule has 0 radical (unpaired) electrons. The van der Waals surface area contributed by atoms with Crippen molar-refractivity contribution in [2.75, 3.05) is 39.3 Å². The number of methoxy groups -OCH3 is 2. The summed E-state index contributed by atoms with van der Waals surface area (Å²) in [5.41, 5.74) is 1.05. The summed E-state index contributed by atoms with van der Waals surface area (Å²) in [5.74, 6) is 1.02. The smallest absolute Gasteiger partial charge is 0.263 e. The zero-order valence-corrected chi connectivity index (χ0v) is 17.5. The van der Waals surface area contributed by atoms with Crippen molar-refractivity contribution in [2.24, 2.45) is 4.99 Å². The first-order valence-electron chi connectivity index (χ1n) is 9.21. The third-order valence-electron chi connectivity index (χ3n) is 4.26. The van der Waals surface area contributed by atoms with Gasteiger partial charge in [-0.1, -0.05) is 12.1 Å². The molecule has 1 amide bonds. The van der Waals surface area contributed by atoms with Crippen LogP contribution in [-0.2, 0) is 19.6 Å². The van der Waals surface area contributed by atoms with Crippen molar-refractivity contribution >= 4 is 27.5 Å². The van der Waals surface area contributed by atoms with Gasteiger partial charge in [0.2, 0.25) is 5.91 Å². The van der Waals surface area contributed by atoms with Crippen LogP contribution in [0.2, 0.25) is 0 Å². The fourth-order valence-electron chi connectivity index (χ4n) is 2.85. The van der Waals surface area contributed by atoms with Crippen LogP contribution < -0.4 is 19.5 Å². The number of fused-ring (bicyclic) bond motifs is 1. The van der Waals surface area contributed by atoms with E-state index in [9.17, 15) is 13.2 Å². The van der Waals surface area contributed by atoms with Gasteiger partial charge in [-0.05, 0) is 24.3 Å². The normalized spacial score (nSPS) is 15.3. The van der Waals surface area contributed by atoms with Gasteiger partial charge in [-0.15, -0.1) is 0 Å². The second-order valence-electron chi connectivity index (χ2n) is 6.34. The summed E-state index contributed by atoms with van der Waals surface area (Å²) in [7, 11) is -0.479. The number of nitrogens with zero attached hydrogens (tertiary/aromatic N) is 1. The zero-order chi connectivity index (χ0) is 21.6. The SMILES string of the molecule is COCCOc1cc(NC(=O)CCN=C2NS(=O)(=O)c3ccccc32)ccc1OC. The van der Waals surface area contributed by atoms with Crippen LogP contribution in [0.15, 0.2) is 52.4 Å². The molecule has 0 bridgehead atoms. The third-order valence-corrected chi connectivity index (χ3v) is 5.66. The van der Waals surface area contributed by atoms with Gasteiger partial charge >= 0.3 is 0 Å². The van der Waals surface area contributed by atoms with E-state index in [1.807, 2.05) is 0 Å². The van der Waals surface area contributed by atoms with Gasteiger partial charge in [-0.25, -0.2) is 8.42 Å². The fraction of sp³-hybridized carbons (Fsp3) is 0.300. The molecular weight excluding hydrogens is 410 g/mol. The minimum atomic E-state index is -3.59. The molecule has 0 unspecified atom stereocenters. The minimum absolute atomic E-state index is 0.0826. The number of ether oxygens (including phenoxy) is 3. The molecule has 160 valence electrons. The van der Waals surface area contributed by atoms with E-state index in [1.54, 1.807) is 43.5 Å². The number of carbonyl (C=O) groups excluding carboxylic acids is 1. The predicted molar refractivity (Wildman–Crippen MR) is 112 cm³/mol. The van der Waals surface area contributed by atoms with E-state index in [0.29, 0.717) is 36.0 Å². The highest BCUT2D eigenvalue weighted by molar-refractivity contribution is 7.90. The van der Waals surface area contributed by atoms with Gasteiger partial charge in [0.05, 0.1) is 25.2 Å². The van der Waals surface area contributed by atoms with Crippen molar-refractivity contribution in [3.63, 3.8) is 0 Å². The monoisotopic (exact) mass is 433 g/mol. The lowest BCUT2D eigenvalue weighted by Crippen LogP contribution is -2.23. The van der Waals surface area contributed by atoms with Crippen LogP contribution in [0.25, 0.3) is 0 Å². The zero-order valence-electron chi connectivity index (χ0n) is 16.7. The highest BCUT2D eigenvalue weighted by atomic mass is 32.2. The van der Waals surface area contributed by atoms with E-state index >= 15 is 0 Å². The van der Waals surface area contributed by atoms with Crippen molar-refractivity contribution in [3.8, 4) is 11.5 Å². The molecule has 0 aliphatic carbocycles. The molecule has 9 nitrogen and oxygen atoms in total. The second kappa shape index (κ2) is 9.59. The Balaban J connectivity index is 1.60. The van der Waals surface area contributed by atoms with Crippen molar-refractivity contribution in [1.82, 2.24) is 4.72 Å². The quantitative estimate of drug-likeness (QED) is 0.583. The summed E-state index contributed by atoms with van der Waals surface area (Å²) in [6.45, 7) is 0.900. The lowest BCUT2D eigenvalue weighted by molar-refractivity contribution is -0.116. The van der Waals surface area contributed by atoms with Crippen LogP contribution in [0.5, 0.6) is 11.5 Å². The van der Waals surface area contributed by atoms with Gasteiger partial charge < -0.3 is 19.5 Å². The Hall–Kier alpha value is -3.11. The van der Waals surface area contributed by atoms with Crippen LogP contribution in [0, 0.1) is 0 Å². The van der Waals surface area contributed by atoms with Gasteiger partial charge in [0.25, 0.3) is 10.0 Å². The standard InChI is InChI=1S/C20H23N3O6S/c1-27-11-12-29-17-13-14(7-8-16(17)28-2)22-19(24)9-10-21-20-15-5-3-4-6-18(15)30(25,26)23-20/h3-8,13H,9-12H2,1-2H3,(H,21,23)(H,22,24). The molecule has 2 N–H and O–H groups in total. The van der Waals surface area contributed by atoms with Gasteiger partial charge in [-0.2, -0.15) is 0 Å². The maximum Gasteiger partial charge on any atom is 0.263 e. The molecule has 10 heteroatoms. The number of hydrogen-bond acceptors (Lipinski definition) is 7. The van der Waals surface area contributed by atoms with Crippen molar-refractivity contribution in [3.05, 3.63) is 48.0 Å². The average molecular weight is 433 g/mol. The van der Waals surface area contributed by atoms with E-state index in [1.165, 1.54) is 13.2 Å². The number of amides is 1. The number of anilines is 1. The molecule has 2 aromatic rings. The van der Waals surface area contributed by atoms with E-state index in [2.05, 4.69) is 15.0 Å². The number of amidine groups is 1. The van der Waals surface area contributed by atoms with E-state index in [-0.39, 0.29) is 29.6 Å². The molecule has 1 heterocycles. The molecule has 2 aromatic carbocycles. The van der Waals surface area contributed by atoms with Crippen LogP contribution in [0.3, 0.4) is 0 Å². The Bertz CT molecular complexity index is 1050. The Kier molecular flexibility index (Phi) is 6.91. The molecule has 0 aromatic heterocycles. The van der Waals surface area contributed by atoms with E-state index < -0.39 is 10.0 Å². The maximum atomic E-state index is 12.3. The van der Waals surface area contributed by atoms with Gasteiger partial charge in [0.1, 0.15) is 12.4 Å². The first-order valence-corrected chi connectivity index (χ1v) is 10.7. The highest BCUT2D eigenvalue weighted by Crippen LogP contribution is 2.30. The van der Waals surface area contributed by atoms with Crippen molar-refractivity contribution in [1.29, 1.82) is 0 Å². The molecular formula is C20H23N3O6S. The summed E-state index contributed by atoms with van der Waals surface area (Å²) in [6.07, 6.45) is 0.0826. The molecule has 0 spiro atoms. The number of nitrogens with one attached hydrogen (secondary N) is 2. The summed E-state index contributed by atoms with van der Waals surface area (Å²) < 4.78 is 42.4. The van der Waals surface area contributed by atoms with Gasteiger partial charge in [0, 0.05) is 30.8 Å². The van der Waals surface area contributed by atoms with Gasteiger partial charge in [-0.3, -0.25) is 14.5 Å². The predicted octanol–water partition coefficient (Wildman–Crippen LogP) is 1.79. The molecule has 1 aliphatic rings. The number of aliphatic imine (C=N–C) groups is 1. The third kappa shape index (κ3) is 5.08. The molecule has 0 fully saturated rings. The van der Waals surface area contributed by atoms with Crippen molar-refractivity contribution < 1.29 is 27.4 Å². The lowest BCUT2D eigenvalue weighted by atomic mass is 10.2. The number of hydrogen-bond donors (Lipinski definition) is 2. The second-order valence-corrected chi connectivity index (χ2v) is 7.99. The summed E-state index contributed by atoms with van der Waals surface area (Å²) in [4.78, 5) is 16.7. The number of rotatable bonds is 9. The van der Waals surface area contributed by atoms with E-state index in [0.717, 1.165) is 0 Å². The number of sulfonamides is 1. The molecule has 3 rings (SSSR count). The maximum absolute atomic E-state index is 12.3. The first-order chi connectivity index (χ1) is 14.4. The molecule has 30 heavy (non-hydrogen) atoms. The molecule has 0 saturated carbocycles. The summed E-state index contributed by atoms with van der Waals surface area (Å²) >= 11 is 0. The fourth-order valence-corrected chi connectivity index (χ4v) is 4.10. The van der Waals surface area contributed by atoms with Crippen LogP contribution in [0.1, 0.15) is 12.0 Å². The number of carbonyl (C=O) groups is 1. The molecule has 0 saturated heterocycles. The topological polar surface area (TPSA) is 115 Å². The average Bonchev–Trinajstić information content (AvgIpc) is 2.99. The van der Waals surface area contributed by atoms with E-state index in [4.69, 9.17) is 14.2 Å².